The van der Waals surface area contributed by atoms with Gasteiger partial charge in [-0.15, -0.1) is 11.3 Å². The maximum absolute atomic E-state index is 12.6. The van der Waals surface area contributed by atoms with Crippen molar-refractivity contribution in [2.75, 3.05) is 13.1 Å². The van der Waals surface area contributed by atoms with Crippen LogP contribution in [-0.4, -0.2) is 36.3 Å². The van der Waals surface area contributed by atoms with Gasteiger partial charge >= 0.3 is 0 Å². The third-order valence-corrected chi connectivity index (χ3v) is 6.77. The molecule has 1 aliphatic heterocycles. The predicted octanol–water partition coefficient (Wildman–Crippen LogP) is 1.01. The molecule has 1 saturated heterocycles. The molecule has 2 aromatic heterocycles. The number of carbonyl (C=O) groups excluding carboxylic acids is 1. The SMILES string of the molecule is O=C(Cn1cc(S(=O)(=O)N2CCCC2)ccc1=O)NCc1cccs1. The van der Waals surface area contributed by atoms with Crippen LogP contribution in [0.5, 0.6) is 0 Å². The second kappa shape index (κ2) is 7.51. The molecule has 7 nitrogen and oxygen atoms in total. The number of hydrogen-bond acceptors (Lipinski definition) is 5. The van der Waals surface area contributed by atoms with Crippen LogP contribution in [0.4, 0.5) is 0 Å². The fourth-order valence-corrected chi connectivity index (χ4v) is 4.85. The summed E-state index contributed by atoms with van der Waals surface area (Å²) in [5.41, 5.74) is -0.411. The number of nitrogens with one attached hydrogen (secondary N) is 1. The third kappa shape index (κ3) is 4.17. The Labute approximate surface area is 150 Å². The molecule has 0 aliphatic carbocycles. The third-order valence-electron chi connectivity index (χ3n) is 4.01. The molecule has 2 aromatic rings. The molecule has 0 aromatic carbocycles. The van der Waals surface area contributed by atoms with Crippen molar-refractivity contribution in [1.82, 2.24) is 14.2 Å². The number of thiophene rings is 1. The number of aromatic nitrogens is 1. The molecule has 0 unspecified atom stereocenters. The molecule has 0 saturated carbocycles. The van der Waals surface area contributed by atoms with Gasteiger partial charge in [-0.1, -0.05) is 6.07 Å². The van der Waals surface area contributed by atoms with Crippen LogP contribution in [0, 0.1) is 0 Å². The van der Waals surface area contributed by atoms with E-state index in [1.54, 1.807) is 0 Å². The van der Waals surface area contributed by atoms with Crippen LogP contribution in [0.1, 0.15) is 17.7 Å². The van der Waals surface area contributed by atoms with Crippen molar-refractivity contribution in [3.8, 4) is 0 Å². The lowest BCUT2D eigenvalue weighted by Crippen LogP contribution is -2.33. The van der Waals surface area contributed by atoms with Crippen molar-refractivity contribution in [2.24, 2.45) is 0 Å². The lowest BCUT2D eigenvalue weighted by atomic mass is 10.4. The maximum atomic E-state index is 12.6. The van der Waals surface area contributed by atoms with E-state index in [-0.39, 0.29) is 17.3 Å². The molecule has 0 bridgehead atoms. The minimum absolute atomic E-state index is 0.0417. The van der Waals surface area contributed by atoms with Gasteiger partial charge < -0.3 is 9.88 Å². The average molecular weight is 381 g/mol. The number of amides is 1. The second-order valence-corrected chi connectivity index (χ2v) is 8.77. The van der Waals surface area contributed by atoms with E-state index in [0.29, 0.717) is 19.6 Å². The predicted molar refractivity (Wildman–Crippen MR) is 94.9 cm³/mol. The summed E-state index contributed by atoms with van der Waals surface area (Å²) >= 11 is 1.53. The van der Waals surface area contributed by atoms with Gasteiger partial charge in [0.2, 0.25) is 15.9 Å². The summed E-state index contributed by atoms with van der Waals surface area (Å²) in [4.78, 5) is 25.1. The summed E-state index contributed by atoms with van der Waals surface area (Å²) in [5.74, 6) is -0.341. The highest BCUT2D eigenvalue weighted by atomic mass is 32.2. The number of sulfonamides is 1. The molecule has 1 amide bonds. The van der Waals surface area contributed by atoms with Crippen LogP contribution >= 0.6 is 11.3 Å². The molecule has 0 radical (unpaired) electrons. The summed E-state index contributed by atoms with van der Waals surface area (Å²) in [5, 5.41) is 4.64. The zero-order chi connectivity index (χ0) is 17.9. The Morgan fingerprint density at radius 3 is 2.64 bits per heavy atom. The molecule has 0 spiro atoms. The van der Waals surface area contributed by atoms with Gasteiger partial charge in [-0.05, 0) is 30.4 Å². The summed E-state index contributed by atoms with van der Waals surface area (Å²) in [7, 11) is -3.62. The topological polar surface area (TPSA) is 88.5 Å². The Morgan fingerprint density at radius 1 is 1.20 bits per heavy atom. The van der Waals surface area contributed by atoms with Gasteiger partial charge in [0.15, 0.2) is 0 Å². The van der Waals surface area contributed by atoms with Gasteiger partial charge in [0.1, 0.15) is 6.54 Å². The molecule has 1 aliphatic rings. The van der Waals surface area contributed by atoms with E-state index in [4.69, 9.17) is 0 Å². The molecular formula is C16H19N3O4S2. The second-order valence-electron chi connectivity index (χ2n) is 5.80. The van der Waals surface area contributed by atoms with Crippen molar-refractivity contribution >= 4 is 27.3 Å². The van der Waals surface area contributed by atoms with Crippen LogP contribution in [-0.2, 0) is 27.9 Å². The summed E-state index contributed by atoms with van der Waals surface area (Å²) in [6.45, 7) is 1.15. The van der Waals surface area contributed by atoms with Gasteiger partial charge in [0.05, 0.1) is 11.4 Å². The molecule has 1 fully saturated rings. The number of rotatable bonds is 6. The van der Waals surface area contributed by atoms with Crippen molar-refractivity contribution in [2.45, 2.75) is 30.8 Å². The van der Waals surface area contributed by atoms with E-state index >= 15 is 0 Å². The fourth-order valence-electron chi connectivity index (χ4n) is 2.67. The van der Waals surface area contributed by atoms with Gasteiger partial charge in [0.25, 0.3) is 5.56 Å². The van der Waals surface area contributed by atoms with Gasteiger partial charge in [0, 0.05) is 30.2 Å². The van der Waals surface area contributed by atoms with Crippen LogP contribution in [0.3, 0.4) is 0 Å². The Morgan fingerprint density at radius 2 is 1.96 bits per heavy atom. The first-order valence-electron chi connectivity index (χ1n) is 7.96. The fraction of sp³-hybridized carbons (Fsp3) is 0.375. The first kappa shape index (κ1) is 17.8. The molecule has 3 rings (SSSR count). The zero-order valence-corrected chi connectivity index (χ0v) is 15.2. The van der Waals surface area contributed by atoms with Crippen molar-refractivity contribution < 1.29 is 13.2 Å². The van der Waals surface area contributed by atoms with Gasteiger partial charge in [-0.25, -0.2) is 8.42 Å². The standard InChI is InChI=1S/C16H19N3O4S2/c20-15(17-10-13-4-3-9-24-13)12-18-11-14(5-6-16(18)21)25(22,23)19-7-1-2-8-19/h3-6,9,11H,1-2,7-8,10,12H2,(H,17,20). The largest absolute Gasteiger partial charge is 0.350 e. The Kier molecular flexibility index (Phi) is 5.36. The average Bonchev–Trinajstić information content (AvgIpc) is 3.28. The van der Waals surface area contributed by atoms with E-state index in [1.165, 1.54) is 34.0 Å². The van der Waals surface area contributed by atoms with E-state index in [9.17, 15) is 18.0 Å². The maximum Gasteiger partial charge on any atom is 0.251 e. The van der Waals surface area contributed by atoms with Crippen LogP contribution < -0.4 is 10.9 Å². The van der Waals surface area contributed by atoms with Crippen LogP contribution in [0.15, 0.2) is 45.5 Å². The normalized spacial score (nSPS) is 15.4. The quantitative estimate of drug-likeness (QED) is 0.809. The van der Waals surface area contributed by atoms with E-state index in [1.807, 2.05) is 17.5 Å². The monoisotopic (exact) mass is 381 g/mol. The van der Waals surface area contributed by atoms with Crippen LogP contribution in [0.2, 0.25) is 0 Å². The molecule has 9 heteroatoms. The summed E-state index contributed by atoms with van der Waals surface area (Å²) in [6, 6.07) is 6.29. The number of hydrogen-bond donors (Lipinski definition) is 1. The molecule has 134 valence electrons. The Balaban J connectivity index is 1.73. The highest BCUT2D eigenvalue weighted by Gasteiger charge is 2.27. The van der Waals surface area contributed by atoms with Crippen LogP contribution in [0.25, 0.3) is 0 Å². The van der Waals surface area contributed by atoms with Crippen molar-refractivity contribution in [3.05, 3.63) is 51.1 Å². The van der Waals surface area contributed by atoms with Crippen molar-refractivity contribution in [3.63, 3.8) is 0 Å². The molecule has 1 N–H and O–H groups in total. The zero-order valence-electron chi connectivity index (χ0n) is 13.6. The Bertz CT molecular complexity index is 898. The molecular weight excluding hydrogens is 362 g/mol. The summed E-state index contributed by atoms with van der Waals surface area (Å²) < 4.78 is 27.7. The molecule has 0 atom stereocenters. The number of pyridine rings is 1. The molecule has 3 heterocycles. The number of nitrogens with zero attached hydrogens (tertiary/aromatic N) is 2. The highest BCUT2D eigenvalue weighted by Crippen LogP contribution is 2.19. The molecule has 25 heavy (non-hydrogen) atoms. The smallest absolute Gasteiger partial charge is 0.251 e. The highest BCUT2D eigenvalue weighted by molar-refractivity contribution is 7.89. The van der Waals surface area contributed by atoms with Crippen molar-refractivity contribution in [1.29, 1.82) is 0 Å². The Hall–Kier alpha value is -1.97. The van der Waals surface area contributed by atoms with E-state index < -0.39 is 15.6 Å². The minimum atomic E-state index is -3.62. The van der Waals surface area contributed by atoms with E-state index in [2.05, 4.69) is 5.32 Å². The van der Waals surface area contributed by atoms with Gasteiger partial charge in [-0.3, -0.25) is 9.59 Å². The lowest BCUT2D eigenvalue weighted by molar-refractivity contribution is -0.121. The summed E-state index contributed by atoms with van der Waals surface area (Å²) in [6.07, 6.45) is 2.93. The number of carbonyl (C=O) groups is 1. The van der Waals surface area contributed by atoms with E-state index in [0.717, 1.165) is 22.3 Å². The first-order valence-corrected chi connectivity index (χ1v) is 10.3. The minimum Gasteiger partial charge on any atom is -0.350 e. The lowest BCUT2D eigenvalue weighted by Gasteiger charge is -2.16. The van der Waals surface area contributed by atoms with Gasteiger partial charge in [-0.2, -0.15) is 4.31 Å². The first-order chi connectivity index (χ1) is 12.0.